The van der Waals surface area contributed by atoms with Gasteiger partial charge in [0.05, 0.1) is 16.3 Å². The summed E-state index contributed by atoms with van der Waals surface area (Å²) < 4.78 is 0. The van der Waals surface area contributed by atoms with Crippen molar-refractivity contribution in [3.8, 4) is 0 Å². The predicted octanol–water partition coefficient (Wildman–Crippen LogP) is 5.94. The zero-order valence-electron chi connectivity index (χ0n) is 18.7. The lowest BCUT2D eigenvalue weighted by Gasteiger charge is -2.09. The number of hydrogen-bond donors (Lipinski definition) is 4. The molecule has 1 heterocycles. The Morgan fingerprint density at radius 1 is 0.912 bits per heavy atom. The molecule has 0 spiro atoms. The maximum Gasteiger partial charge on any atom is 0.225 e. The Bertz CT molecular complexity index is 1240. The fourth-order valence-corrected chi connectivity index (χ4v) is 3.98. The molecular weight excluding hydrogens is 442 g/mol. The fourth-order valence-electron chi connectivity index (χ4n) is 3.30. The molecule has 34 heavy (non-hydrogen) atoms. The lowest BCUT2D eigenvalue weighted by Crippen LogP contribution is -2.21. The topological polar surface area (TPSA) is 91.5 Å². The number of aliphatic imine (C=N–C) groups is 1. The highest BCUT2D eigenvalue weighted by atomic mass is 32.1. The number of carbonyl (C=O) groups is 1. The second-order valence-corrected chi connectivity index (χ2v) is 8.66. The maximum absolute atomic E-state index is 12.3. The largest absolute Gasteiger partial charge is 0.398 e. The Balaban J connectivity index is 1.19. The van der Waals surface area contributed by atoms with Crippen molar-refractivity contribution in [2.45, 2.75) is 13.0 Å². The molecule has 0 aliphatic rings. The molecule has 7 heteroatoms. The Labute approximate surface area is 203 Å². The summed E-state index contributed by atoms with van der Waals surface area (Å²) in [6.07, 6.45) is 2.18. The number of rotatable bonds is 10. The van der Waals surface area contributed by atoms with E-state index in [1.54, 1.807) is 17.6 Å². The number of thiophene rings is 1. The van der Waals surface area contributed by atoms with Gasteiger partial charge in [-0.05, 0) is 65.5 Å². The quantitative estimate of drug-likeness (QED) is 0.171. The van der Waals surface area contributed by atoms with Gasteiger partial charge in [0.25, 0.3) is 0 Å². The van der Waals surface area contributed by atoms with Crippen LogP contribution in [0.3, 0.4) is 0 Å². The first-order valence-corrected chi connectivity index (χ1v) is 11.9. The van der Waals surface area contributed by atoms with Crippen LogP contribution in [0, 0.1) is 0 Å². The van der Waals surface area contributed by atoms with Crippen LogP contribution in [0.4, 0.5) is 28.4 Å². The minimum Gasteiger partial charge on any atom is -0.398 e. The molecule has 0 radical (unpaired) electrons. The molecule has 0 saturated heterocycles. The molecule has 0 bridgehead atoms. The van der Waals surface area contributed by atoms with E-state index < -0.39 is 0 Å². The van der Waals surface area contributed by atoms with Crippen LogP contribution in [0.15, 0.2) is 95.3 Å². The van der Waals surface area contributed by atoms with Gasteiger partial charge in [0.15, 0.2) is 0 Å². The maximum atomic E-state index is 12.3. The summed E-state index contributed by atoms with van der Waals surface area (Å²) in [4.78, 5) is 17.8. The number of amides is 1. The van der Waals surface area contributed by atoms with E-state index in [9.17, 15) is 4.79 Å². The van der Waals surface area contributed by atoms with Gasteiger partial charge < -0.3 is 21.7 Å². The average molecular weight is 470 g/mol. The van der Waals surface area contributed by atoms with Crippen molar-refractivity contribution in [2.75, 3.05) is 22.9 Å². The first-order valence-electron chi connectivity index (χ1n) is 11.0. The number of nitrogens with two attached hydrogens (primary N) is 1. The molecule has 0 unspecified atom stereocenters. The molecule has 1 aromatic heterocycles. The van der Waals surface area contributed by atoms with Gasteiger partial charge in [0.2, 0.25) is 5.91 Å². The Morgan fingerprint density at radius 3 is 2.44 bits per heavy atom. The van der Waals surface area contributed by atoms with E-state index in [-0.39, 0.29) is 5.91 Å². The molecule has 0 saturated carbocycles. The van der Waals surface area contributed by atoms with Crippen molar-refractivity contribution in [1.29, 1.82) is 0 Å². The summed E-state index contributed by atoms with van der Waals surface area (Å²) in [6.45, 7) is 1.25. The van der Waals surface area contributed by atoms with Gasteiger partial charge >= 0.3 is 0 Å². The molecule has 0 atom stereocenters. The standard InChI is InChI=1S/C27H27N5OS/c28-25-14-16-34-26(25)19-30-24-8-4-5-20(17-24)18-29-15-13-27(33)32-23-11-9-22(10-12-23)31-21-6-2-1-3-7-21/h1-12,14,16-17,19,29,31H,13,15,18,28H2,(H,32,33). The monoisotopic (exact) mass is 469 g/mol. The van der Waals surface area contributed by atoms with Crippen molar-refractivity contribution in [3.05, 3.63) is 101 Å². The summed E-state index contributed by atoms with van der Waals surface area (Å²) in [5.74, 6) is -0.0249. The second-order valence-electron chi connectivity index (χ2n) is 7.71. The molecule has 4 aromatic rings. The molecule has 0 aliphatic heterocycles. The average Bonchev–Trinajstić information content (AvgIpc) is 3.27. The summed E-state index contributed by atoms with van der Waals surface area (Å²) in [5.41, 5.74) is 11.4. The first-order chi connectivity index (χ1) is 16.7. The van der Waals surface area contributed by atoms with E-state index in [1.165, 1.54) is 0 Å². The summed E-state index contributed by atoms with van der Waals surface area (Å²) in [6, 6.07) is 27.5. The van der Waals surface area contributed by atoms with Gasteiger partial charge in [-0.25, -0.2) is 0 Å². The summed E-state index contributed by atoms with van der Waals surface area (Å²) >= 11 is 1.57. The smallest absolute Gasteiger partial charge is 0.225 e. The number of hydrogen-bond acceptors (Lipinski definition) is 6. The zero-order valence-corrected chi connectivity index (χ0v) is 19.5. The molecule has 0 fully saturated rings. The minimum atomic E-state index is -0.0249. The summed E-state index contributed by atoms with van der Waals surface area (Å²) in [5, 5.41) is 11.5. The van der Waals surface area contributed by atoms with E-state index in [1.807, 2.05) is 90.3 Å². The minimum absolute atomic E-state index is 0.0249. The van der Waals surface area contributed by atoms with Gasteiger partial charge in [-0.15, -0.1) is 11.3 Å². The van der Waals surface area contributed by atoms with Gasteiger partial charge in [-0.1, -0.05) is 30.3 Å². The number of carbonyl (C=O) groups excluding carboxylic acids is 1. The molecule has 0 aliphatic carbocycles. The lowest BCUT2D eigenvalue weighted by atomic mass is 10.2. The molecule has 1 amide bonds. The molecule has 4 rings (SSSR count). The predicted molar refractivity (Wildman–Crippen MR) is 144 cm³/mol. The highest BCUT2D eigenvalue weighted by Gasteiger charge is 2.03. The van der Waals surface area contributed by atoms with E-state index in [0.29, 0.717) is 19.5 Å². The zero-order chi connectivity index (χ0) is 23.6. The van der Waals surface area contributed by atoms with Crippen LogP contribution in [0.2, 0.25) is 0 Å². The van der Waals surface area contributed by atoms with Crippen LogP contribution >= 0.6 is 11.3 Å². The number of anilines is 4. The molecule has 3 aromatic carbocycles. The lowest BCUT2D eigenvalue weighted by molar-refractivity contribution is -0.116. The Kier molecular flexibility index (Phi) is 8.05. The number of nitrogens with one attached hydrogen (secondary N) is 3. The normalized spacial score (nSPS) is 10.9. The van der Waals surface area contributed by atoms with Crippen LogP contribution in [-0.4, -0.2) is 18.7 Å². The molecule has 172 valence electrons. The van der Waals surface area contributed by atoms with E-state index in [4.69, 9.17) is 5.73 Å². The summed E-state index contributed by atoms with van der Waals surface area (Å²) in [7, 11) is 0. The number of nitrogens with zero attached hydrogens (tertiary/aromatic N) is 1. The van der Waals surface area contributed by atoms with Crippen LogP contribution in [0.1, 0.15) is 16.9 Å². The highest BCUT2D eigenvalue weighted by Crippen LogP contribution is 2.20. The van der Waals surface area contributed by atoms with Crippen molar-refractivity contribution in [2.24, 2.45) is 4.99 Å². The van der Waals surface area contributed by atoms with Gasteiger partial charge in [0, 0.05) is 42.8 Å². The molecule has 5 N–H and O–H groups in total. The van der Waals surface area contributed by atoms with E-state index in [2.05, 4.69) is 20.9 Å². The Hall–Kier alpha value is -3.94. The van der Waals surface area contributed by atoms with Crippen LogP contribution in [-0.2, 0) is 11.3 Å². The van der Waals surface area contributed by atoms with Gasteiger partial charge in [0.1, 0.15) is 0 Å². The Morgan fingerprint density at radius 2 is 1.68 bits per heavy atom. The van der Waals surface area contributed by atoms with Crippen molar-refractivity contribution in [1.82, 2.24) is 5.32 Å². The third-order valence-electron chi connectivity index (χ3n) is 5.06. The van der Waals surface area contributed by atoms with Crippen molar-refractivity contribution < 1.29 is 4.79 Å². The third kappa shape index (κ3) is 7.03. The number of para-hydroxylation sites is 1. The molecular formula is C27H27N5OS. The van der Waals surface area contributed by atoms with E-state index >= 15 is 0 Å². The first kappa shape index (κ1) is 23.2. The number of benzene rings is 3. The molecule has 6 nitrogen and oxygen atoms in total. The number of nitrogen functional groups attached to an aromatic ring is 1. The second kappa shape index (κ2) is 11.8. The van der Waals surface area contributed by atoms with Gasteiger partial charge in [-0.3, -0.25) is 9.79 Å². The van der Waals surface area contributed by atoms with Crippen LogP contribution in [0.5, 0.6) is 0 Å². The van der Waals surface area contributed by atoms with Crippen molar-refractivity contribution >= 4 is 51.9 Å². The van der Waals surface area contributed by atoms with Crippen LogP contribution in [0.25, 0.3) is 0 Å². The van der Waals surface area contributed by atoms with Gasteiger partial charge in [-0.2, -0.15) is 0 Å². The van der Waals surface area contributed by atoms with Crippen molar-refractivity contribution in [3.63, 3.8) is 0 Å². The fraction of sp³-hybridized carbons (Fsp3) is 0.111. The van der Waals surface area contributed by atoms with Crippen LogP contribution < -0.4 is 21.7 Å². The van der Waals surface area contributed by atoms with E-state index in [0.717, 1.165) is 38.9 Å². The third-order valence-corrected chi connectivity index (χ3v) is 5.92. The SMILES string of the molecule is Nc1ccsc1C=Nc1cccc(CNCCC(=O)Nc2ccc(Nc3ccccc3)cc2)c1. The highest BCUT2D eigenvalue weighted by molar-refractivity contribution is 7.12.